The van der Waals surface area contributed by atoms with Crippen LogP contribution >= 0.6 is 11.6 Å². The first-order valence-electron chi connectivity index (χ1n) is 10.5. The molecule has 0 aliphatic heterocycles. The number of hydrogen-bond acceptors (Lipinski definition) is 4. The maximum atomic E-state index is 13.5. The van der Waals surface area contributed by atoms with Crippen LogP contribution < -0.4 is 4.90 Å². The van der Waals surface area contributed by atoms with E-state index in [1.54, 1.807) is 15.9 Å². The number of carbonyl (C=O) groups excluding carboxylic acids is 1. The first kappa shape index (κ1) is 20.9. The lowest BCUT2D eigenvalue weighted by Crippen LogP contribution is -2.33. The van der Waals surface area contributed by atoms with Crippen LogP contribution in [0.5, 0.6) is 0 Å². The molecule has 2 heterocycles. The smallest absolute Gasteiger partial charge is 0.249 e. The molecule has 0 aliphatic carbocycles. The number of imidazole rings is 1. The number of aromatic nitrogens is 5. The van der Waals surface area contributed by atoms with E-state index in [9.17, 15) is 4.79 Å². The van der Waals surface area contributed by atoms with Gasteiger partial charge >= 0.3 is 0 Å². The van der Waals surface area contributed by atoms with Crippen molar-refractivity contribution in [1.82, 2.24) is 25.0 Å². The molecule has 3 aromatic carbocycles. The van der Waals surface area contributed by atoms with Gasteiger partial charge in [0, 0.05) is 22.0 Å². The van der Waals surface area contributed by atoms with E-state index in [-0.39, 0.29) is 12.5 Å². The molecule has 0 unspecified atom stereocenters. The summed E-state index contributed by atoms with van der Waals surface area (Å²) in [5, 5.41) is 8.97. The van der Waals surface area contributed by atoms with Crippen molar-refractivity contribution in [1.29, 1.82) is 0 Å². The largest absolute Gasteiger partial charge is 0.348 e. The van der Waals surface area contributed by atoms with Gasteiger partial charge in [-0.05, 0) is 48.9 Å². The van der Waals surface area contributed by atoms with Crippen molar-refractivity contribution in [3.63, 3.8) is 0 Å². The zero-order valence-electron chi connectivity index (χ0n) is 17.9. The third kappa shape index (κ3) is 4.36. The van der Waals surface area contributed by atoms with E-state index in [2.05, 4.69) is 20.3 Å². The molecule has 0 saturated carbocycles. The number of nitrogens with one attached hydrogen (secondary N) is 1. The van der Waals surface area contributed by atoms with Gasteiger partial charge in [0.1, 0.15) is 12.1 Å². The van der Waals surface area contributed by atoms with Crippen LogP contribution in [0.2, 0.25) is 5.02 Å². The van der Waals surface area contributed by atoms with Gasteiger partial charge in [-0.25, -0.2) is 9.67 Å². The number of H-pyrrole nitrogens is 1. The van der Waals surface area contributed by atoms with Crippen LogP contribution in [0.1, 0.15) is 11.3 Å². The van der Waals surface area contributed by atoms with Crippen molar-refractivity contribution in [3.05, 3.63) is 95.4 Å². The summed E-state index contributed by atoms with van der Waals surface area (Å²) in [6.07, 6.45) is 1.68. The van der Waals surface area contributed by atoms with Gasteiger partial charge in [-0.1, -0.05) is 53.2 Å². The highest BCUT2D eigenvalue weighted by molar-refractivity contribution is 6.30. The number of aromatic amines is 1. The molecule has 0 fully saturated rings. The molecule has 0 aliphatic rings. The van der Waals surface area contributed by atoms with Crippen LogP contribution in [0.15, 0.2) is 79.1 Å². The number of nitrogens with zero attached hydrogens (tertiary/aromatic N) is 5. The van der Waals surface area contributed by atoms with Crippen molar-refractivity contribution in [2.45, 2.75) is 20.0 Å². The predicted octanol–water partition coefficient (Wildman–Crippen LogP) is 5.02. The topological polar surface area (TPSA) is 79.7 Å². The first-order chi connectivity index (χ1) is 16.1. The van der Waals surface area contributed by atoms with E-state index in [0.717, 1.165) is 39.2 Å². The van der Waals surface area contributed by atoms with Crippen LogP contribution in [-0.4, -0.2) is 30.9 Å². The Balaban J connectivity index is 1.47. The molecule has 33 heavy (non-hydrogen) atoms. The minimum absolute atomic E-state index is 0.0707. The maximum Gasteiger partial charge on any atom is 0.249 e. The Hall–Kier alpha value is -3.97. The third-order valence-corrected chi connectivity index (χ3v) is 5.75. The van der Waals surface area contributed by atoms with Crippen LogP contribution in [0, 0.1) is 6.92 Å². The fourth-order valence-corrected chi connectivity index (χ4v) is 4.05. The number of fused-ring (bicyclic) bond motifs is 1. The van der Waals surface area contributed by atoms with Gasteiger partial charge in [0.25, 0.3) is 0 Å². The highest BCUT2D eigenvalue weighted by Gasteiger charge is 2.19. The average molecular weight is 457 g/mol. The number of halogens is 1. The molecule has 0 radical (unpaired) electrons. The molecule has 0 bridgehead atoms. The van der Waals surface area contributed by atoms with Crippen LogP contribution in [0.4, 0.5) is 5.69 Å². The van der Waals surface area contributed by atoms with Crippen LogP contribution in [-0.2, 0) is 17.9 Å². The number of benzene rings is 3. The molecular weight excluding hydrogens is 436 g/mol. The number of carbonyl (C=O) groups is 1. The maximum absolute atomic E-state index is 13.5. The molecule has 7 nitrogen and oxygen atoms in total. The van der Waals surface area contributed by atoms with Gasteiger partial charge in [-0.15, -0.1) is 5.10 Å². The lowest BCUT2D eigenvalue weighted by Gasteiger charge is -2.23. The molecule has 0 saturated heterocycles. The molecule has 8 heteroatoms. The number of rotatable bonds is 6. The minimum Gasteiger partial charge on any atom is -0.348 e. The number of anilines is 1. The fourth-order valence-electron chi connectivity index (χ4n) is 3.84. The molecular formula is C25H21ClN6O. The Labute approximate surface area is 195 Å². The second-order valence-electron chi connectivity index (χ2n) is 7.77. The fraction of sp³-hybridized carbons (Fsp3) is 0.120. The summed E-state index contributed by atoms with van der Waals surface area (Å²) in [5.74, 6) is -0.102. The predicted molar refractivity (Wildman–Crippen MR) is 129 cm³/mol. The standard InChI is InChI=1S/C25H21ClN6O/c1-17-25(28-16-27-17)19-9-11-21(12-10-19)31(14-18-5-4-6-20(26)13-18)24(33)15-32-23-8-3-2-7-22(23)29-30-32/h2-13,16H,14-15H2,1H3,(H,27,28). The molecule has 1 amide bonds. The highest BCUT2D eigenvalue weighted by Crippen LogP contribution is 2.26. The zero-order chi connectivity index (χ0) is 22.8. The Morgan fingerprint density at radius 2 is 1.88 bits per heavy atom. The summed E-state index contributed by atoms with van der Waals surface area (Å²) in [7, 11) is 0. The van der Waals surface area contributed by atoms with Crippen LogP contribution in [0.25, 0.3) is 22.3 Å². The van der Waals surface area contributed by atoms with Gasteiger partial charge in [0.05, 0.1) is 24.1 Å². The quantitative estimate of drug-likeness (QED) is 0.389. The number of para-hydroxylation sites is 1. The van der Waals surface area contributed by atoms with E-state index >= 15 is 0 Å². The highest BCUT2D eigenvalue weighted by atomic mass is 35.5. The van der Waals surface area contributed by atoms with Crippen molar-refractivity contribution >= 4 is 34.2 Å². The Kier molecular flexibility index (Phi) is 5.62. The molecule has 0 spiro atoms. The normalized spacial score (nSPS) is 11.1. The Morgan fingerprint density at radius 3 is 2.64 bits per heavy atom. The zero-order valence-corrected chi connectivity index (χ0v) is 18.7. The minimum atomic E-state index is -0.102. The lowest BCUT2D eigenvalue weighted by molar-refractivity contribution is -0.119. The van der Waals surface area contributed by atoms with Gasteiger partial charge < -0.3 is 9.88 Å². The van der Waals surface area contributed by atoms with Gasteiger partial charge in [0.2, 0.25) is 5.91 Å². The van der Waals surface area contributed by atoms with Crippen molar-refractivity contribution in [2.75, 3.05) is 4.90 Å². The number of amides is 1. The second-order valence-corrected chi connectivity index (χ2v) is 8.21. The monoisotopic (exact) mass is 456 g/mol. The summed E-state index contributed by atoms with van der Waals surface area (Å²) >= 11 is 6.19. The summed E-state index contributed by atoms with van der Waals surface area (Å²) in [6, 6.07) is 22.9. The summed E-state index contributed by atoms with van der Waals surface area (Å²) < 4.78 is 1.63. The second kappa shape index (κ2) is 8.88. The molecule has 1 N–H and O–H groups in total. The first-order valence-corrected chi connectivity index (χ1v) is 10.9. The van der Waals surface area contributed by atoms with Gasteiger partial charge in [0.15, 0.2) is 0 Å². The summed E-state index contributed by atoms with van der Waals surface area (Å²) in [6.45, 7) is 2.43. The van der Waals surface area contributed by atoms with E-state index < -0.39 is 0 Å². The van der Waals surface area contributed by atoms with Gasteiger partial charge in [-0.2, -0.15) is 0 Å². The van der Waals surface area contributed by atoms with E-state index in [1.807, 2.05) is 79.7 Å². The molecule has 164 valence electrons. The van der Waals surface area contributed by atoms with E-state index in [0.29, 0.717) is 11.6 Å². The SMILES string of the molecule is Cc1[nH]cnc1-c1ccc(N(Cc2cccc(Cl)c2)C(=O)Cn2nnc3ccccc32)cc1. The van der Waals surface area contributed by atoms with Crippen molar-refractivity contribution < 1.29 is 4.79 Å². The Bertz CT molecular complexity index is 1420. The lowest BCUT2D eigenvalue weighted by atomic mass is 10.1. The third-order valence-electron chi connectivity index (χ3n) is 5.52. The van der Waals surface area contributed by atoms with Gasteiger partial charge in [-0.3, -0.25) is 4.79 Å². The van der Waals surface area contributed by atoms with E-state index in [4.69, 9.17) is 11.6 Å². The summed E-state index contributed by atoms with van der Waals surface area (Å²) in [5.41, 5.74) is 6.15. The number of aryl methyl sites for hydroxylation is 1. The van der Waals surface area contributed by atoms with Crippen molar-refractivity contribution in [2.24, 2.45) is 0 Å². The Morgan fingerprint density at radius 1 is 1.06 bits per heavy atom. The number of hydrogen-bond donors (Lipinski definition) is 1. The van der Waals surface area contributed by atoms with Crippen LogP contribution in [0.3, 0.4) is 0 Å². The molecule has 2 aromatic heterocycles. The molecule has 5 rings (SSSR count). The summed E-state index contributed by atoms with van der Waals surface area (Å²) in [4.78, 5) is 22.7. The van der Waals surface area contributed by atoms with Crippen molar-refractivity contribution in [3.8, 4) is 11.3 Å². The van der Waals surface area contributed by atoms with E-state index in [1.165, 1.54) is 0 Å². The molecule has 5 aromatic rings. The average Bonchev–Trinajstić information content (AvgIpc) is 3.44. The molecule has 0 atom stereocenters.